The Morgan fingerprint density at radius 3 is 0.648 bits per heavy atom. The van der Waals surface area contributed by atoms with E-state index in [9.17, 15) is 75.5 Å². The van der Waals surface area contributed by atoms with Crippen LogP contribution in [-0.2, 0) is 19.3 Å². The Kier molecular flexibility index (Phi) is 16.9. The van der Waals surface area contributed by atoms with Crippen LogP contribution in [0.2, 0.25) is 0 Å². The van der Waals surface area contributed by atoms with E-state index in [0.717, 1.165) is 19.3 Å². The van der Waals surface area contributed by atoms with Gasteiger partial charge in [0.15, 0.2) is 0 Å². The Bertz CT molecular complexity index is 1550. The summed E-state index contributed by atoms with van der Waals surface area (Å²) in [6.45, 7) is 6.55. The molecule has 0 aliphatic heterocycles. The van der Waals surface area contributed by atoms with Crippen LogP contribution in [0.3, 0.4) is 0 Å². The fraction of sp³-hybridized carbons (Fsp3) is 0.226. The maximum absolute atomic E-state index is 10.7. The molecule has 0 atom stereocenters. The molecule has 0 aromatic heterocycles. The van der Waals surface area contributed by atoms with Crippen molar-refractivity contribution in [3.8, 4) is 0 Å². The first-order valence-electron chi connectivity index (χ1n) is 14.4. The fourth-order valence-corrected chi connectivity index (χ4v) is 4.79. The summed E-state index contributed by atoms with van der Waals surface area (Å²) in [6, 6.07) is 36.9. The molecular formula is C31H36F18P3S2-3. The first-order chi connectivity index (χ1) is 23.0. The molecular weight excluding hydrogens is 871 g/mol. The normalized spacial score (nSPS) is 15.1. The molecule has 0 aliphatic rings. The van der Waals surface area contributed by atoms with Gasteiger partial charge in [-0.25, -0.2) is 0 Å². The summed E-state index contributed by atoms with van der Waals surface area (Å²) in [5.74, 6) is 0. The second-order valence-corrected chi connectivity index (χ2v) is 18.4. The van der Waals surface area contributed by atoms with Crippen molar-refractivity contribution in [2.24, 2.45) is 0 Å². The molecule has 0 amide bonds. The number of aryl methyl sites for hydroxylation is 3. The summed E-state index contributed by atoms with van der Waals surface area (Å²) in [7, 11) is -32.0. The van der Waals surface area contributed by atoms with Gasteiger partial charge in [0.1, 0.15) is 0 Å². The average Bonchev–Trinajstić information content (AvgIpc) is 2.94. The molecule has 0 nitrogen and oxygen atoms in total. The maximum atomic E-state index is 9.87. The van der Waals surface area contributed by atoms with E-state index >= 15 is 0 Å². The Morgan fingerprint density at radius 1 is 0.315 bits per heavy atom. The van der Waals surface area contributed by atoms with Gasteiger partial charge in [0.05, 0.1) is 0 Å². The quantitative estimate of drug-likeness (QED) is 0.134. The molecule has 4 aromatic carbocycles. The Morgan fingerprint density at radius 2 is 0.481 bits per heavy atom. The van der Waals surface area contributed by atoms with Crippen LogP contribution in [0.1, 0.15) is 44.9 Å². The number of rotatable bonds is 7. The van der Waals surface area contributed by atoms with Crippen LogP contribution >= 0.6 is 46.9 Å². The predicted molar refractivity (Wildman–Crippen MR) is 190 cm³/mol. The van der Waals surface area contributed by atoms with Crippen molar-refractivity contribution in [2.45, 2.75) is 67.0 Å². The van der Waals surface area contributed by atoms with Crippen molar-refractivity contribution >= 4 is 46.9 Å². The van der Waals surface area contributed by atoms with Crippen LogP contribution in [0.25, 0.3) is 0 Å². The number of hydrogen-bond acceptors (Lipinski definition) is 2. The number of benzene rings is 4. The van der Waals surface area contributed by atoms with E-state index in [1.165, 1.54) is 36.3 Å². The van der Waals surface area contributed by atoms with Gasteiger partial charge in [-0.15, -0.1) is 0 Å². The summed E-state index contributed by atoms with van der Waals surface area (Å²) in [5.41, 5.74) is 4.19. The number of halogens is 18. The van der Waals surface area contributed by atoms with Gasteiger partial charge in [0.2, 0.25) is 0 Å². The van der Waals surface area contributed by atoms with Crippen molar-refractivity contribution in [1.29, 1.82) is 0 Å². The van der Waals surface area contributed by atoms with Gasteiger partial charge >= 0.3 is 99.0 Å². The van der Waals surface area contributed by atoms with E-state index in [2.05, 4.69) is 118 Å². The van der Waals surface area contributed by atoms with Crippen molar-refractivity contribution < 1.29 is 75.5 Å². The zero-order chi connectivity index (χ0) is 41.8. The van der Waals surface area contributed by atoms with Crippen LogP contribution in [0.5, 0.6) is 0 Å². The van der Waals surface area contributed by atoms with Crippen LogP contribution in [0.15, 0.2) is 123 Å². The molecule has 4 rings (SSSR count). The van der Waals surface area contributed by atoms with Gasteiger partial charge in [-0.3, -0.25) is 0 Å². The first kappa shape index (κ1) is 53.7. The third-order valence-corrected chi connectivity index (χ3v) is 7.24. The molecule has 0 saturated heterocycles. The van der Waals surface area contributed by atoms with Gasteiger partial charge in [-0.05, 0) is 84.5 Å². The third kappa shape index (κ3) is 47.6. The SMILES string of the molecule is C.CCc1ccc(Sc2ccc(CC)cc2)cc1.CCc1ccc(Sc2ccccc2)cc1.F[P-](F)(F)(F)(F)F.F[P-](F)(F)(F)(F)F.F[P-](F)(F)(F)(F)F. The summed E-state index contributed by atoms with van der Waals surface area (Å²) >= 11 is 3.63. The first-order valence-corrected chi connectivity index (χ1v) is 22.1. The van der Waals surface area contributed by atoms with Crippen LogP contribution in [-0.4, -0.2) is 0 Å². The van der Waals surface area contributed by atoms with E-state index in [0.29, 0.717) is 0 Å². The molecule has 23 heteroatoms. The molecule has 0 aliphatic carbocycles. The van der Waals surface area contributed by atoms with Gasteiger partial charge < -0.3 is 0 Å². The molecule has 0 heterocycles. The van der Waals surface area contributed by atoms with Crippen molar-refractivity contribution in [3.05, 3.63) is 120 Å². The summed E-state index contributed by atoms with van der Waals surface area (Å²) in [5, 5.41) is 0. The topological polar surface area (TPSA) is 0 Å². The summed E-state index contributed by atoms with van der Waals surface area (Å²) < 4.78 is 178. The standard InChI is InChI=1S/C16H18S.C14H14S.CH4.3F6P/c1-3-13-5-9-15(10-6-13)17-16-11-7-14(4-2)8-12-16;1-2-12-8-10-14(11-9-12)15-13-6-4-3-5-7-13;;3*1-7(2,3,4,5)6/h5-12H,3-4H2,1-2H3;3-11H,2H2,1H3;1H4;;;/q;;;3*-1. The monoisotopic (exact) mass is 907 g/mol. The van der Waals surface area contributed by atoms with Gasteiger partial charge in [-0.2, -0.15) is 0 Å². The molecule has 0 N–H and O–H groups in total. The van der Waals surface area contributed by atoms with E-state index < -0.39 is 23.4 Å². The van der Waals surface area contributed by atoms with Crippen molar-refractivity contribution in [2.75, 3.05) is 0 Å². The zero-order valence-electron chi connectivity index (χ0n) is 27.4. The summed E-state index contributed by atoms with van der Waals surface area (Å²) in [4.78, 5) is 5.22. The van der Waals surface area contributed by atoms with Crippen molar-refractivity contribution in [3.63, 3.8) is 0 Å². The van der Waals surface area contributed by atoms with Gasteiger partial charge in [0, 0.05) is 19.6 Å². The molecule has 54 heavy (non-hydrogen) atoms. The Labute approximate surface area is 308 Å². The van der Waals surface area contributed by atoms with Gasteiger partial charge in [0.25, 0.3) is 0 Å². The second kappa shape index (κ2) is 17.0. The van der Waals surface area contributed by atoms with E-state index in [-0.39, 0.29) is 7.43 Å². The van der Waals surface area contributed by atoms with Gasteiger partial charge in [-0.1, -0.05) is 106 Å². The molecule has 0 bridgehead atoms. The molecule has 316 valence electrons. The average molecular weight is 908 g/mol. The molecule has 0 unspecified atom stereocenters. The third-order valence-electron chi connectivity index (χ3n) is 5.21. The van der Waals surface area contributed by atoms with Crippen LogP contribution in [0, 0.1) is 0 Å². The molecule has 4 aromatic rings. The van der Waals surface area contributed by atoms with Crippen LogP contribution in [0.4, 0.5) is 75.5 Å². The van der Waals surface area contributed by atoms with E-state index in [4.69, 9.17) is 0 Å². The van der Waals surface area contributed by atoms with Crippen molar-refractivity contribution in [1.82, 2.24) is 0 Å². The molecule has 0 radical (unpaired) electrons. The molecule has 0 saturated carbocycles. The second-order valence-electron chi connectivity index (χ2n) is 10.4. The Balaban J connectivity index is 0. The van der Waals surface area contributed by atoms with E-state index in [1.54, 1.807) is 11.8 Å². The fourth-order valence-electron chi connectivity index (χ4n) is 3.14. The zero-order valence-corrected chi connectivity index (χ0v) is 31.7. The minimum absolute atomic E-state index is 0. The molecule has 0 fully saturated rings. The Hall–Kier alpha value is -2.39. The predicted octanol–water partition coefficient (Wildman–Crippen LogP) is 20.1. The van der Waals surface area contributed by atoms with Crippen LogP contribution < -0.4 is 0 Å². The minimum atomic E-state index is -10.7. The van der Waals surface area contributed by atoms with E-state index in [1.807, 2.05) is 17.8 Å². The molecule has 0 spiro atoms. The number of hydrogen-bond donors (Lipinski definition) is 0. The summed E-state index contributed by atoms with van der Waals surface area (Å²) in [6.07, 6.45) is 3.32.